The fourth-order valence-electron chi connectivity index (χ4n) is 0. The summed E-state index contributed by atoms with van der Waals surface area (Å²) < 4.78 is 0. The maximum Gasteiger partial charge on any atom is 0.414 e. The zero-order valence-corrected chi connectivity index (χ0v) is 3.16. The molecule has 0 unspecified atom stereocenters. The van der Waals surface area contributed by atoms with E-state index in [4.69, 9.17) is 19.8 Å². The van der Waals surface area contributed by atoms with Crippen LogP contribution in [0.5, 0.6) is 0 Å². The Morgan fingerprint density at radius 3 is 1.14 bits per heavy atom. The highest BCUT2D eigenvalue weighted by atomic mass is 16.4. The lowest BCUT2D eigenvalue weighted by Gasteiger charge is -1.72. The Labute approximate surface area is 39.2 Å². The molecule has 0 aromatic heterocycles. The van der Waals surface area contributed by atoms with Crippen molar-refractivity contribution >= 4 is 11.9 Å². The van der Waals surface area contributed by atoms with Gasteiger partial charge in [-0.2, -0.15) is 0 Å². The van der Waals surface area contributed by atoms with Crippen LogP contribution in [0, 0.1) is 0 Å². The second-order valence-corrected chi connectivity index (χ2v) is 0.610. The van der Waals surface area contributed by atoms with Crippen molar-refractivity contribution in [1.82, 2.24) is 6.15 Å². The van der Waals surface area contributed by atoms with Crippen LogP contribution in [0.2, 0.25) is 0 Å². The van der Waals surface area contributed by atoms with E-state index in [0.717, 1.165) is 0 Å². The molecule has 0 atom stereocenters. The predicted octanol–water partition coefficient (Wildman–Crippen LogP) is -1.32. The average molecular weight is 104 g/mol. The minimum absolute atomic E-state index is 0. The minimum atomic E-state index is -1.82. The van der Waals surface area contributed by atoms with Crippen molar-refractivity contribution in [3.05, 3.63) is 0 Å². The lowest BCUT2D eigenvalue weighted by molar-refractivity contribution is -0.159. The zero-order chi connectivity index (χ0) is 5.15. The molecule has 0 saturated heterocycles. The average Bonchev–Trinajstić information content (AvgIpc) is 1.36. The Bertz CT molecular complexity index is 75.7. The first-order valence-electron chi connectivity index (χ1n) is 1.11. The fourth-order valence-corrected chi connectivity index (χ4v) is 0. The third-order valence-corrected chi connectivity index (χ3v) is 0.183. The molecule has 0 aromatic carbocycles. The van der Waals surface area contributed by atoms with E-state index >= 15 is 0 Å². The summed E-state index contributed by atoms with van der Waals surface area (Å²) in [6, 6.07) is 0. The van der Waals surface area contributed by atoms with Crippen LogP contribution in [0.25, 0.3) is 0 Å². The number of carbonyl (C=O) groups is 2. The van der Waals surface area contributed by atoms with E-state index in [2.05, 4.69) is 0 Å². The molecule has 0 aliphatic rings. The SMILES string of the molecule is O=C(O)C(=O)O.[N]. The van der Waals surface area contributed by atoms with Gasteiger partial charge < -0.3 is 10.2 Å². The maximum absolute atomic E-state index is 9.10. The van der Waals surface area contributed by atoms with E-state index in [1.165, 1.54) is 0 Å². The number of hydrogen-bond acceptors (Lipinski definition) is 2. The lowest BCUT2D eigenvalue weighted by Crippen LogP contribution is -2.09. The second-order valence-electron chi connectivity index (χ2n) is 0.610. The molecule has 0 amide bonds. The van der Waals surface area contributed by atoms with E-state index in [1.54, 1.807) is 0 Å². The summed E-state index contributed by atoms with van der Waals surface area (Å²) in [5.74, 6) is -3.65. The third-order valence-electron chi connectivity index (χ3n) is 0.183. The van der Waals surface area contributed by atoms with Crippen molar-refractivity contribution in [2.75, 3.05) is 0 Å². The summed E-state index contributed by atoms with van der Waals surface area (Å²) in [6.07, 6.45) is 0. The lowest BCUT2D eigenvalue weighted by atomic mass is 10.7. The van der Waals surface area contributed by atoms with Crippen LogP contribution in [-0.2, 0) is 9.59 Å². The number of rotatable bonds is 0. The van der Waals surface area contributed by atoms with Crippen molar-refractivity contribution in [1.29, 1.82) is 0 Å². The molecule has 0 aromatic rings. The van der Waals surface area contributed by atoms with Gasteiger partial charge >= 0.3 is 11.9 Å². The van der Waals surface area contributed by atoms with Crippen molar-refractivity contribution < 1.29 is 19.8 Å². The van der Waals surface area contributed by atoms with Gasteiger partial charge in [-0.1, -0.05) is 0 Å². The third kappa shape index (κ3) is 4.90. The second kappa shape index (κ2) is 3.10. The molecule has 0 saturated carbocycles. The molecule has 0 rings (SSSR count). The Hall–Kier alpha value is -1.10. The van der Waals surface area contributed by atoms with E-state index in [9.17, 15) is 0 Å². The minimum Gasteiger partial charge on any atom is -0.473 e. The molecule has 2 N–H and O–H groups in total. The Morgan fingerprint density at radius 1 is 1.00 bits per heavy atom. The van der Waals surface area contributed by atoms with Gasteiger partial charge in [0.05, 0.1) is 0 Å². The zero-order valence-electron chi connectivity index (χ0n) is 3.16. The van der Waals surface area contributed by atoms with E-state index < -0.39 is 11.9 Å². The first kappa shape index (κ1) is 9.31. The molecule has 0 bridgehead atoms. The number of nitrogens with zero attached hydrogens (tertiary/aromatic N) is 1. The summed E-state index contributed by atoms with van der Waals surface area (Å²) in [5, 5.41) is 14.8. The number of hydrogen-bond donors (Lipinski definition) is 2. The summed E-state index contributed by atoms with van der Waals surface area (Å²) >= 11 is 0. The molecule has 0 aliphatic heterocycles. The normalized spacial score (nSPS) is 6.29. The standard InChI is InChI=1S/C2H2O4.N/c3-1(4)2(5)6;/h(H,3,4)(H,5,6);. The number of aliphatic carboxylic acids is 2. The highest BCUT2D eigenvalue weighted by molar-refractivity contribution is 6.27. The van der Waals surface area contributed by atoms with Crippen LogP contribution in [0.3, 0.4) is 0 Å². The van der Waals surface area contributed by atoms with E-state index in [-0.39, 0.29) is 6.15 Å². The molecule has 5 heteroatoms. The van der Waals surface area contributed by atoms with Crippen molar-refractivity contribution in [2.24, 2.45) is 0 Å². The monoisotopic (exact) mass is 104 g/mol. The van der Waals surface area contributed by atoms with Crippen molar-refractivity contribution in [2.45, 2.75) is 0 Å². The molecule has 0 aliphatic carbocycles. The van der Waals surface area contributed by atoms with Crippen LogP contribution in [-0.4, -0.2) is 22.2 Å². The van der Waals surface area contributed by atoms with Gasteiger partial charge in [0, 0.05) is 6.15 Å². The van der Waals surface area contributed by atoms with Gasteiger partial charge in [0.15, 0.2) is 0 Å². The summed E-state index contributed by atoms with van der Waals surface area (Å²) in [7, 11) is 0. The van der Waals surface area contributed by atoms with Gasteiger partial charge in [-0.3, -0.25) is 0 Å². The molecular formula is C2H2NO4. The predicted molar refractivity (Wildman–Crippen MR) is 17.4 cm³/mol. The van der Waals surface area contributed by atoms with Gasteiger partial charge in [-0.15, -0.1) is 0 Å². The molecule has 7 heavy (non-hydrogen) atoms. The summed E-state index contributed by atoms with van der Waals surface area (Å²) in [4.78, 5) is 18.2. The van der Waals surface area contributed by atoms with Crippen LogP contribution in [0.1, 0.15) is 0 Å². The Morgan fingerprint density at radius 2 is 1.14 bits per heavy atom. The van der Waals surface area contributed by atoms with Crippen LogP contribution in [0.4, 0.5) is 0 Å². The van der Waals surface area contributed by atoms with Gasteiger partial charge in [0.2, 0.25) is 0 Å². The molecule has 39 valence electrons. The molecule has 0 spiro atoms. The van der Waals surface area contributed by atoms with E-state index in [1.807, 2.05) is 0 Å². The molecule has 3 radical (unpaired) electrons. The summed E-state index contributed by atoms with van der Waals surface area (Å²) in [5.41, 5.74) is 0. The first-order chi connectivity index (χ1) is 2.64. The molecule has 0 fully saturated rings. The number of carboxylic acid groups (broad SMARTS) is 2. The van der Waals surface area contributed by atoms with Gasteiger partial charge in [-0.05, 0) is 0 Å². The Balaban J connectivity index is 0. The first-order valence-corrected chi connectivity index (χ1v) is 1.11. The quantitative estimate of drug-likeness (QED) is 0.371. The molecular weight excluding hydrogens is 102 g/mol. The molecule has 0 heterocycles. The Kier molecular flexibility index (Phi) is 4.13. The molecule has 5 nitrogen and oxygen atoms in total. The van der Waals surface area contributed by atoms with Crippen LogP contribution in [0.15, 0.2) is 0 Å². The fraction of sp³-hybridized carbons (Fsp3) is 0. The maximum atomic E-state index is 9.10. The summed E-state index contributed by atoms with van der Waals surface area (Å²) in [6.45, 7) is 0. The van der Waals surface area contributed by atoms with Gasteiger partial charge in [0.25, 0.3) is 0 Å². The highest BCUT2D eigenvalue weighted by Gasteiger charge is 2.04. The van der Waals surface area contributed by atoms with Crippen molar-refractivity contribution in [3.8, 4) is 0 Å². The highest BCUT2D eigenvalue weighted by Crippen LogP contribution is 1.56. The van der Waals surface area contributed by atoms with Crippen LogP contribution >= 0.6 is 0 Å². The smallest absolute Gasteiger partial charge is 0.414 e. The largest absolute Gasteiger partial charge is 0.473 e. The topological polar surface area (TPSA) is 105 Å². The van der Waals surface area contributed by atoms with Gasteiger partial charge in [0.1, 0.15) is 0 Å². The number of carboxylic acids is 2. The van der Waals surface area contributed by atoms with E-state index in [0.29, 0.717) is 0 Å². The van der Waals surface area contributed by atoms with Gasteiger partial charge in [-0.25, -0.2) is 9.59 Å². The van der Waals surface area contributed by atoms with Crippen molar-refractivity contribution in [3.63, 3.8) is 0 Å². The van der Waals surface area contributed by atoms with Crippen LogP contribution < -0.4 is 6.15 Å².